The zero-order valence-electron chi connectivity index (χ0n) is 17.0. The summed E-state index contributed by atoms with van der Waals surface area (Å²) >= 11 is 6.09. The van der Waals surface area contributed by atoms with Crippen molar-refractivity contribution >= 4 is 17.5 Å². The van der Waals surface area contributed by atoms with E-state index in [-0.39, 0.29) is 29.5 Å². The minimum Gasteiger partial charge on any atom is -0.491 e. The van der Waals surface area contributed by atoms with E-state index in [9.17, 15) is 13.6 Å². The third kappa shape index (κ3) is 4.12. The Morgan fingerprint density at radius 2 is 2.17 bits per heavy atom. The van der Waals surface area contributed by atoms with Crippen LogP contribution in [-0.4, -0.2) is 33.6 Å². The number of amides is 1. The van der Waals surface area contributed by atoms with Crippen LogP contribution in [0.2, 0.25) is 5.02 Å². The van der Waals surface area contributed by atoms with Gasteiger partial charge in [0.25, 0.3) is 11.8 Å². The summed E-state index contributed by atoms with van der Waals surface area (Å²) in [7, 11) is 0. The molecular weight excluding hydrogens is 418 g/mol. The van der Waals surface area contributed by atoms with Crippen molar-refractivity contribution in [3.8, 4) is 5.75 Å². The normalized spacial score (nSPS) is 24.2. The van der Waals surface area contributed by atoms with E-state index >= 15 is 0 Å². The Balaban J connectivity index is 1.50. The Labute approximate surface area is 177 Å². The zero-order valence-corrected chi connectivity index (χ0v) is 17.7. The highest BCUT2D eigenvalue weighted by atomic mass is 35.5. The zero-order chi connectivity index (χ0) is 21.7. The van der Waals surface area contributed by atoms with Gasteiger partial charge in [0.1, 0.15) is 22.0 Å². The topological polar surface area (TPSA) is 90.1 Å². The molecule has 2 aromatic rings. The van der Waals surface area contributed by atoms with Gasteiger partial charge in [0.05, 0.1) is 18.2 Å². The highest BCUT2D eigenvalue weighted by molar-refractivity contribution is 6.32. The Morgan fingerprint density at radius 3 is 2.73 bits per heavy atom. The number of hydrogen-bond donors (Lipinski definition) is 1. The lowest BCUT2D eigenvalue weighted by Crippen LogP contribution is -2.45. The number of aromatic nitrogens is 3. The molecule has 2 saturated carbocycles. The van der Waals surface area contributed by atoms with Crippen LogP contribution in [-0.2, 0) is 5.54 Å². The predicted molar refractivity (Wildman–Crippen MR) is 104 cm³/mol. The average molecular weight is 441 g/mol. The number of rotatable bonds is 8. The monoisotopic (exact) mass is 440 g/mol. The van der Waals surface area contributed by atoms with E-state index in [1.807, 2.05) is 6.92 Å². The quantitative estimate of drug-likeness (QED) is 0.658. The smallest absolute Gasteiger partial charge is 0.270 e. The molecule has 2 aromatic heterocycles. The van der Waals surface area contributed by atoms with Gasteiger partial charge in [0, 0.05) is 19.4 Å². The molecule has 10 heteroatoms. The van der Waals surface area contributed by atoms with E-state index in [1.54, 1.807) is 6.92 Å². The lowest BCUT2D eigenvalue weighted by Gasteiger charge is -2.27. The number of hydrogen-bond acceptors (Lipinski definition) is 6. The second-order valence-corrected chi connectivity index (χ2v) is 9.21. The molecule has 7 nitrogen and oxygen atoms in total. The minimum absolute atomic E-state index is 0.0596. The van der Waals surface area contributed by atoms with Crippen LogP contribution >= 0.6 is 11.6 Å². The summed E-state index contributed by atoms with van der Waals surface area (Å²) in [5.74, 6) is -1.79. The molecule has 4 rings (SSSR count). The molecule has 0 radical (unpaired) electrons. The largest absolute Gasteiger partial charge is 0.491 e. The van der Waals surface area contributed by atoms with Crippen LogP contribution in [0.15, 0.2) is 16.8 Å². The van der Waals surface area contributed by atoms with Crippen molar-refractivity contribution in [1.82, 2.24) is 20.4 Å². The molecule has 2 fully saturated rings. The number of carbonyl (C=O) groups excluding carboxylic acids is 1. The molecule has 2 heterocycles. The molecule has 2 unspecified atom stereocenters. The number of nitrogens with one attached hydrogen (secondary N) is 1. The molecule has 1 amide bonds. The van der Waals surface area contributed by atoms with E-state index in [1.165, 1.54) is 19.2 Å². The van der Waals surface area contributed by atoms with E-state index in [2.05, 4.69) is 20.4 Å². The first-order valence-electron chi connectivity index (χ1n) is 9.81. The molecule has 2 aliphatic carbocycles. The molecule has 0 aliphatic heterocycles. The fraction of sp³-hybridized carbons (Fsp3) is 0.600. The molecule has 162 valence electrons. The van der Waals surface area contributed by atoms with Crippen LogP contribution in [0, 0.1) is 18.3 Å². The fourth-order valence-corrected chi connectivity index (χ4v) is 3.59. The van der Waals surface area contributed by atoms with Gasteiger partial charge in [-0.3, -0.25) is 4.79 Å². The fourth-order valence-electron chi connectivity index (χ4n) is 3.43. The Bertz CT molecular complexity index is 981. The van der Waals surface area contributed by atoms with Gasteiger partial charge in [-0.25, -0.2) is 13.8 Å². The second kappa shape index (κ2) is 7.14. The third-order valence-corrected chi connectivity index (χ3v) is 6.06. The minimum atomic E-state index is -2.75. The average Bonchev–Trinajstić information content (AvgIpc) is 3.49. The summed E-state index contributed by atoms with van der Waals surface area (Å²) in [5, 5.41) is 7.08. The maximum absolute atomic E-state index is 13.4. The van der Waals surface area contributed by atoms with Crippen LogP contribution in [0.3, 0.4) is 0 Å². The number of ether oxygens (including phenoxy) is 1. The molecule has 0 aromatic carbocycles. The van der Waals surface area contributed by atoms with E-state index in [0.717, 1.165) is 12.8 Å². The number of pyridine rings is 1. The van der Waals surface area contributed by atoms with Gasteiger partial charge < -0.3 is 14.6 Å². The van der Waals surface area contributed by atoms with E-state index < -0.39 is 22.8 Å². The number of alkyl halides is 2. The maximum atomic E-state index is 13.4. The van der Waals surface area contributed by atoms with Crippen molar-refractivity contribution in [1.29, 1.82) is 0 Å². The molecule has 0 spiro atoms. The Morgan fingerprint density at radius 1 is 1.47 bits per heavy atom. The second-order valence-electron chi connectivity index (χ2n) is 8.80. The number of halogens is 3. The first-order chi connectivity index (χ1) is 14.0. The van der Waals surface area contributed by atoms with Crippen molar-refractivity contribution in [3.05, 3.63) is 34.7 Å². The van der Waals surface area contributed by atoms with E-state index in [4.69, 9.17) is 20.9 Å². The van der Waals surface area contributed by atoms with Crippen LogP contribution in [0.5, 0.6) is 5.75 Å². The molecule has 0 bridgehead atoms. The van der Waals surface area contributed by atoms with Crippen LogP contribution in [0.25, 0.3) is 0 Å². The molecule has 30 heavy (non-hydrogen) atoms. The highest BCUT2D eigenvalue weighted by Crippen LogP contribution is 2.60. The Kier molecular flexibility index (Phi) is 4.99. The maximum Gasteiger partial charge on any atom is 0.270 e. The summed E-state index contributed by atoms with van der Waals surface area (Å²) in [6.07, 6.45) is 3.88. The molecule has 1 N–H and O–H groups in total. The highest BCUT2D eigenvalue weighted by Gasteiger charge is 2.68. The van der Waals surface area contributed by atoms with Gasteiger partial charge >= 0.3 is 0 Å². The standard InChI is InChI=1S/C20H23ClF2N4O3/c1-11-25-17(27-30-11)19(3,7-12-4-5-12)26-16(28)14-6-15(13(21)8-24-14)29-10-18(2)9-20(18,22)23/h6,8,12H,4-5,7,9-10H2,1-3H3,(H,26,28). The van der Waals surface area contributed by atoms with Gasteiger partial charge in [-0.2, -0.15) is 4.98 Å². The van der Waals surface area contributed by atoms with Crippen LogP contribution in [0.4, 0.5) is 8.78 Å². The Hall–Kier alpha value is -2.29. The number of nitrogens with zero attached hydrogens (tertiary/aromatic N) is 3. The van der Waals surface area contributed by atoms with E-state index in [0.29, 0.717) is 24.1 Å². The summed E-state index contributed by atoms with van der Waals surface area (Å²) in [6, 6.07) is 1.36. The number of aryl methyl sites for hydroxylation is 1. The van der Waals surface area contributed by atoms with Crippen molar-refractivity contribution < 1.29 is 22.8 Å². The third-order valence-electron chi connectivity index (χ3n) is 5.77. The van der Waals surface area contributed by atoms with Crippen LogP contribution in [0.1, 0.15) is 61.7 Å². The first-order valence-corrected chi connectivity index (χ1v) is 10.2. The van der Waals surface area contributed by atoms with Crippen molar-refractivity contribution in [2.24, 2.45) is 11.3 Å². The van der Waals surface area contributed by atoms with Gasteiger partial charge in [-0.05, 0) is 19.3 Å². The number of carbonyl (C=O) groups is 1. The summed E-state index contributed by atoms with van der Waals surface area (Å²) in [4.78, 5) is 21.3. The lowest BCUT2D eigenvalue weighted by molar-refractivity contribution is 0.0498. The van der Waals surface area contributed by atoms with Gasteiger partial charge in [-0.15, -0.1) is 0 Å². The van der Waals surface area contributed by atoms with Gasteiger partial charge in [0.15, 0.2) is 5.82 Å². The molecular formula is C20H23ClF2N4O3. The molecule has 2 atom stereocenters. The summed E-state index contributed by atoms with van der Waals surface area (Å²) in [6.45, 7) is 4.78. The lowest BCUT2D eigenvalue weighted by atomic mass is 9.93. The van der Waals surface area contributed by atoms with Crippen LogP contribution < -0.4 is 10.1 Å². The first kappa shape index (κ1) is 21.0. The van der Waals surface area contributed by atoms with Gasteiger partial charge in [0.2, 0.25) is 5.89 Å². The molecule has 2 aliphatic rings. The van der Waals surface area contributed by atoms with Crippen molar-refractivity contribution in [2.75, 3.05) is 6.61 Å². The van der Waals surface area contributed by atoms with Gasteiger partial charge in [-0.1, -0.05) is 36.5 Å². The van der Waals surface area contributed by atoms with Crippen molar-refractivity contribution in [2.45, 2.75) is 57.9 Å². The van der Waals surface area contributed by atoms with Crippen molar-refractivity contribution in [3.63, 3.8) is 0 Å². The molecule has 0 saturated heterocycles. The predicted octanol–water partition coefficient (Wildman–Crippen LogP) is 4.30. The SMILES string of the molecule is Cc1nc(C(C)(CC2CC2)NC(=O)c2cc(OCC3(C)CC3(F)F)c(Cl)cn2)no1. The summed E-state index contributed by atoms with van der Waals surface area (Å²) in [5.41, 5.74) is -1.99. The summed E-state index contributed by atoms with van der Waals surface area (Å²) < 4.78 is 37.5.